The number of ketones is 1. The van der Waals surface area contributed by atoms with Crippen molar-refractivity contribution in [1.29, 1.82) is 0 Å². The lowest BCUT2D eigenvalue weighted by molar-refractivity contribution is -0.123. The van der Waals surface area contributed by atoms with Crippen molar-refractivity contribution in [2.24, 2.45) is 24.8 Å². The van der Waals surface area contributed by atoms with Crippen LogP contribution in [0.3, 0.4) is 0 Å². The predicted octanol–water partition coefficient (Wildman–Crippen LogP) is 2.99. The monoisotopic (exact) mass is 248 g/mol. The normalized spacial score (nSPS) is 24.4. The third kappa shape index (κ3) is 3.21. The molecule has 100 valence electrons. The molecule has 3 heteroatoms. The van der Waals surface area contributed by atoms with Gasteiger partial charge in [-0.15, -0.1) is 0 Å². The van der Waals surface area contributed by atoms with Crippen molar-refractivity contribution in [3.8, 4) is 0 Å². The molecule has 0 aliphatic heterocycles. The highest BCUT2D eigenvalue weighted by Crippen LogP contribution is 2.33. The van der Waals surface area contributed by atoms with Crippen LogP contribution in [0.25, 0.3) is 0 Å². The van der Waals surface area contributed by atoms with Crippen LogP contribution in [0.2, 0.25) is 0 Å². The Bertz CT molecular complexity index is 400. The van der Waals surface area contributed by atoms with Gasteiger partial charge in [-0.05, 0) is 43.6 Å². The van der Waals surface area contributed by atoms with Gasteiger partial charge in [-0.3, -0.25) is 9.48 Å². The smallest absolute Gasteiger partial charge is 0.141 e. The first-order valence-corrected chi connectivity index (χ1v) is 7.07. The Kier molecular flexibility index (Phi) is 4.20. The lowest BCUT2D eigenvalue weighted by atomic mass is 9.75. The molecular formula is C15H24N2O. The first-order valence-electron chi connectivity index (χ1n) is 7.07. The molecule has 0 N–H and O–H groups in total. The summed E-state index contributed by atoms with van der Waals surface area (Å²) < 4.78 is 1.76. The van der Waals surface area contributed by atoms with Gasteiger partial charge in [0, 0.05) is 19.2 Å². The van der Waals surface area contributed by atoms with Crippen LogP contribution in [-0.2, 0) is 18.3 Å². The molecule has 0 radical (unpaired) electrons. The second kappa shape index (κ2) is 5.68. The van der Waals surface area contributed by atoms with Crippen molar-refractivity contribution in [3.63, 3.8) is 0 Å². The van der Waals surface area contributed by atoms with E-state index in [1.807, 2.05) is 19.3 Å². The van der Waals surface area contributed by atoms with Gasteiger partial charge in [0.05, 0.1) is 12.1 Å². The Balaban J connectivity index is 1.84. The van der Waals surface area contributed by atoms with E-state index in [4.69, 9.17) is 0 Å². The second-order valence-electron chi connectivity index (χ2n) is 5.98. The molecule has 1 saturated carbocycles. The van der Waals surface area contributed by atoms with Gasteiger partial charge >= 0.3 is 0 Å². The molecule has 1 aromatic heterocycles. The molecule has 1 aliphatic carbocycles. The fourth-order valence-electron chi connectivity index (χ4n) is 2.99. The SMILES string of the molecule is CC(C)C1CCC(C(=O)Cc2ccn(C)n2)CC1. The molecule has 0 atom stereocenters. The number of carbonyl (C=O) groups excluding carboxylic acids is 1. The van der Waals surface area contributed by atoms with Crippen molar-refractivity contribution in [2.75, 3.05) is 0 Å². The van der Waals surface area contributed by atoms with Crippen LogP contribution >= 0.6 is 0 Å². The minimum atomic E-state index is 0.280. The highest BCUT2D eigenvalue weighted by Gasteiger charge is 2.27. The fourth-order valence-corrected chi connectivity index (χ4v) is 2.99. The topological polar surface area (TPSA) is 34.9 Å². The maximum absolute atomic E-state index is 12.2. The van der Waals surface area contributed by atoms with Crippen molar-refractivity contribution >= 4 is 5.78 Å². The Labute approximate surface area is 110 Å². The van der Waals surface area contributed by atoms with E-state index in [2.05, 4.69) is 18.9 Å². The largest absolute Gasteiger partial charge is 0.299 e. The van der Waals surface area contributed by atoms with Gasteiger partial charge in [0.1, 0.15) is 5.78 Å². The van der Waals surface area contributed by atoms with E-state index in [1.165, 1.54) is 12.8 Å². The first-order chi connectivity index (χ1) is 8.56. The average molecular weight is 248 g/mol. The summed E-state index contributed by atoms with van der Waals surface area (Å²) in [7, 11) is 1.89. The van der Waals surface area contributed by atoms with Gasteiger partial charge in [-0.2, -0.15) is 5.10 Å². The van der Waals surface area contributed by atoms with Gasteiger partial charge in [-0.1, -0.05) is 13.8 Å². The number of aromatic nitrogens is 2. The van der Waals surface area contributed by atoms with Crippen LogP contribution in [0.1, 0.15) is 45.2 Å². The van der Waals surface area contributed by atoms with Crippen LogP contribution in [0, 0.1) is 17.8 Å². The van der Waals surface area contributed by atoms with E-state index in [0.29, 0.717) is 12.2 Å². The number of rotatable bonds is 4. The molecular weight excluding hydrogens is 224 g/mol. The molecule has 1 aromatic rings. The fraction of sp³-hybridized carbons (Fsp3) is 0.733. The summed E-state index contributed by atoms with van der Waals surface area (Å²) >= 11 is 0. The van der Waals surface area contributed by atoms with Gasteiger partial charge in [-0.25, -0.2) is 0 Å². The van der Waals surface area contributed by atoms with Crippen LogP contribution in [0.15, 0.2) is 12.3 Å². The average Bonchev–Trinajstić information content (AvgIpc) is 2.75. The van der Waals surface area contributed by atoms with E-state index in [0.717, 1.165) is 30.4 Å². The van der Waals surface area contributed by atoms with Crippen LogP contribution in [0.5, 0.6) is 0 Å². The minimum absolute atomic E-state index is 0.280. The highest BCUT2D eigenvalue weighted by atomic mass is 16.1. The number of nitrogens with zero attached hydrogens (tertiary/aromatic N) is 2. The van der Waals surface area contributed by atoms with Crippen molar-refractivity contribution < 1.29 is 4.79 Å². The van der Waals surface area contributed by atoms with Crippen molar-refractivity contribution in [3.05, 3.63) is 18.0 Å². The van der Waals surface area contributed by atoms with E-state index in [9.17, 15) is 4.79 Å². The van der Waals surface area contributed by atoms with Crippen LogP contribution < -0.4 is 0 Å². The van der Waals surface area contributed by atoms with Gasteiger partial charge < -0.3 is 0 Å². The number of carbonyl (C=O) groups is 1. The van der Waals surface area contributed by atoms with Gasteiger partial charge in [0.25, 0.3) is 0 Å². The molecule has 2 rings (SSSR count). The maximum atomic E-state index is 12.2. The van der Waals surface area contributed by atoms with Crippen molar-refractivity contribution in [2.45, 2.75) is 46.0 Å². The highest BCUT2D eigenvalue weighted by molar-refractivity contribution is 5.82. The zero-order valence-corrected chi connectivity index (χ0v) is 11.7. The van der Waals surface area contributed by atoms with E-state index in [1.54, 1.807) is 4.68 Å². The quantitative estimate of drug-likeness (QED) is 0.821. The molecule has 0 bridgehead atoms. The molecule has 1 fully saturated rings. The molecule has 3 nitrogen and oxygen atoms in total. The Morgan fingerprint density at radius 1 is 1.39 bits per heavy atom. The molecule has 18 heavy (non-hydrogen) atoms. The molecule has 1 heterocycles. The van der Waals surface area contributed by atoms with Gasteiger partial charge in [0.15, 0.2) is 0 Å². The molecule has 0 amide bonds. The Morgan fingerprint density at radius 3 is 2.56 bits per heavy atom. The molecule has 0 spiro atoms. The summed E-state index contributed by atoms with van der Waals surface area (Å²) in [4.78, 5) is 12.2. The van der Waals surface area contributed by atoms with E-state index >= 15 is 0 Å². The summed E-state index contributed by atoms with van der Waals surface area (Å²) in [5.41, 5.74) is 0.911. The number of hydrogen-bond donors (Lipinski definition) is 0. The molecule has 1 aliphatic rings. The second-order valence-corrected chi connectivity index (χ2v) is 5.98. The molecule has 0 unspecified atom stereocenters. The first kappa shape index (κ1) is 13.3. The standard InChI is InChI=1S/C15H24N2O/c1-11(2)12-4-6-13(7-5-12)15(18)10-14-8-9-17(3)16-14/h8-9,11-13H,4-7,10H2,1-3H3. The number of aryl methyl sites for hydroxylation is 1. The van der Waals surface area contributed by atoms with Crippen molar-refractivity contribution in [1.82, 2.24) is 9.78 Å². The third-order valence-electron chi connectivity index (χ3n) is 4.29. The number of Topliss-reactive ketones (excluding diaryl/α,β-unsaturated/α-hetero) is 1. The summed E-state index contributed by atoms with van der Waals surface area (Å²) in [6.45, 7) is 4.58. The maximum Gasteiger partial charge on any atom is 0.141 e. The zero-order chi connectivity index (χ0) is 13.1. The summed E-state index contributed by atoms with van der Waals surface area (Å²) in [5, 5.41) is 4.28. The summed E-state index contributed by atoms with van der Waals surface area (Å²) in [6.07, 6.45) is 7.01. The van der Waals surface area contributed by atoms with E-state index < -0.39 is 0 Å². The Hall–Kier alpha value is -1.12. The Morgan fingerprint density at radius 2 is 2.06 bits per heavy atom. The van der Waals surface area contributed by atoms with Crippen LogP contribution in [0.4, 0.5) is 0 Å². The zero-order valence-electron chi connectivity index (χ0n) is 11.7. The van der Waals surface area contributed by atoms with E-state index in [-0.39, 0.29) is 5.92 Å². The number of hydrogen-bond acceptors (Lipinski definition) is 2. The lowest BCUT2D eigenvalue weighted by Crippen LogP contribution is -2.25. The third-order valence-corrected chi connectivity index (χ3v) is 4.29. The summed E-state index contributed by atoms with van der Waals surface area (Å²) in [5.74, 6) is 2.25. The molecule has 0 aromatic carbocycles. The predicted molar refractivity (Wildman–Crippen MR) is 72.2 cm³/mol. The van der Waals surface area contributed by atoms with Gasteiger partial charge in [0.2, 0.25) is 0 Å². The minimum Gasteiger partial charge on any atom is -0.299 e. The summed E-state index contributed by atoms with van der Waals surface area (Å²) in [6, 6.07) is 1.94. The van der Waals surface area contributed by atoms with Crippen LogP contribution in [-0.4, -0.2) is 15.6 Å². The molecule has 0 saturated heterocycles. The lowest BCUT2D eigenvalue weighted by Gasteiger charge is -2.30.